The lowest BCUT2D eigenvalue weighted by atomic mass is 10.1. The molecule has 0 atom stereocenters. The molecule has 2 aromatic heterocycles. The second-order valence-electron chi connectivity index (χ2n) is 6.15. The van der Waals surface area contributed by atoms with Crippen molar-refractivity contribution in [3.05, 3.63) is 44.9 Å². The van der Waals surface area contributed by atoms with Gasteiger partial charge in [-0.3, -0.25) is 4.79 Å². The van der Waals surface area contributed by atoms with Crippen molar-refractivity contribution in [2.75, 3.05) is 25.1 Å². The van der Waals surface area contributed by atoms with Crippen LogP contribution in [0.15, 0.2) is 38.9 Å². The van der Waals surface area contributed by atoms with Crippen molar-refractivity contribution in [2.45, 2.75) is 19.3 Å². The average Bonchev–Trinajstić information content (AvgIpc) is 3.07. The van der Waals surface area contributed by atoms with E-state index in [0.717, 1.165) is 37.1 Å². The Morgan fingerprint density at radius 1 is 1.20 bits per heavy atom. The van der Waals surface area contributed by atoms with E-state index in [-0.39, 0.29) is 5.43 Å². The maximum atomic E-state index is 12.5. The highest BCUT2D eigenvalue weighted by atomic mass is 35.5. The largest absolute Gasteiger partial charge is 0.495 e. The number of thiophene rings is 1. The molecule has 0 bridgehead atoms. The van der Waals surface area contributed by atoms with Gasteiger partial charge in [-0.05, 0) is 37.0 Å². The molecule has 1 aliphatic rings. The van der Waals surface area contributed by atoms with Crippen LogP contribution >= 0.6 is 22.9 Å². The Bertz CT molecular complexity index is 972. The molecule has 0 aliphatic carbocycles. The van der Waals surface area contributed by atoms with E-state index in [1.165, 1.54) is 17.8 Å². The molecule has 1 aliphatic heterocycles. The number of benzene rings is 1. The summed E-state index contributed by atoms with van der Waals surface area (Å²) in [6.45, 7) is 1.87. The van der Waals surface area contributed by atoms with Crippen LogP contribution in [0.2, 0.25) is 5.02 Å². The minimum absolute atomic E-state index is 0.0117. The smallest absolute Gasteiger partial charge is 0.204 e. The topological polar surface area (TPSA) is 42.7 Å². The lowest BCUT2D eigenvalue weighted by molar-refractivity contribution is 0.415. The minimum Gasteiger partial charge on any atom is -0.495 e. The van der Waals surface area contributed by atoms with Gasteiger partial charge in [-0.2, -0.15) is 0 Å². The first kappa shape index (κ1) is 16.5. The van der Waals surface area contributed by atoms with Crippen molar-refractivity contribution in [1.82, 2.24) is 0 Å². The molecule has 6 heteroatoms. The van der Waals surface area contributed by atoms with E-state index in [1.807, 2.05) is 23.6 Å². The van der Waals surface area contributed by atoms with Crippen LogP contribution in [0.3, 0.4) is 0 Å². The third-order valence-corrected chi connectivity index (χ3v) is 5.83. The van der Waals surface area contributed by atoms with Crippen LogP contribution in [-0.2, 0) is 0 Å². The predicted octanol–water partition coefficient (Wildman–Crippen LogP) is 5.17. The molecule has 130 valence electrons. The molecule has 1 aromatic carbocycles. The quantitative estimate of drug-likeness (QED) is 0.633. The average molecular weight is 376 g/mol. The van der Waals surface area contributed by atoms with Crippen molar-refractivity contribution in [3.63, 3.8) is 0 Å². The molecule has 0 radical (unpaired) electrons. The maximum absolute atomic E-state index is 12.5. The molecule has 4 nitrogen and oxygen atoms in total. The summed E-state index contributed by atoms with van der Waals surface area (Å²) >= 11 is 7.67. The summed E-state index contributed by atoms with van der Waals surface area (Å²) in [5.74, 6) is 1.29. The summed E-state index contributed by atoms with van der Waals surface area (Å²) in [5, 5.41) is 2.49. The summed E-state index contributed by atoms with van der Waals surface area (Å²) < 4.78 is 12.0. The molecule has 3 aromatic rings. The number of ether oxygens (including phenoxy) is 1. The van der Waals surface area contributed by atoms with Crippen molar-refractivity contribution >= 4 is 39.1 Å². The molecule has 4 rings (SSSR count). The van der Waals surface area contributed by atoms with Gasteiger partial charge in [-0.25, -0.2) is 0 Å². The van der Waals surface area contributed by atoms with Gasteiger partial charge >= 0.3 is 0 Å². The van der Waals surface area contributed by atoms with Crippen LogP contribution in [0.4, 0.5) is 5.88 Å². The van der Waals surface area contributed by atoms with Gasteiger partial charge in [-0.15, -0.1) is 11.3 Å². The molecule has 0 N–H and O–H groups in total. The van der Waals surface area contributed by atoms with Gasteiger partial charge in [0, 0.05) is 30.1 Å². The van der Waals surface area contributed by atoms with Crippen molar-refractivity contribution in [1.29, 1.82) is 0 Å². The highest BCUT2D eigenvalue weighted by molar-refractivity contribution is 7.17. The number of methoxy groups -OCH3 is 1. The Labute approximate surface area is 154 Å². The molecule has 1 fully saturated rings. The van der Waals surface area contributed by atoms with Gasteiger partial charge in [0.1, 0.15) is 10.4 Å². The molecule has 0 spiro atoms. The minimum atomic E-state index is 0.0117. The van der Waals surface area contributed by atoms with Gasteiger partial charge in [0.25, 0.3) is 0 Å². The Hall–Kier alpha value is -1.98. The van der Waals surface area contributed by atoms with Crippen LogP contribution in [0.25, 0.3) is 21.4 Å². The summed E-state index contributed by atoms with van der Waals surface area (Å²) in [6, 6.07) is 7.22. The zero-order chi connectivity index (χ0) is 17.4. The van der Waals surface area contributed by atoms with Gasteiger partial charge in [-0.1, -0.05) is 17.7 Å². The highest BCUT2D eigenvalue weighted by Gasteiger charge is 2.18. The SMILES string of the molecule is COc1ccc(-c2csc3c(=O)cc(N4CCCCC4)oc23)cc1Cl. The normalized spacial score (nSPS) is 14.9. The van der Waals surface area contributed by atoms with Crippen molar-refractivity contribution in [2.24, 2.45) is 0 Å². The van der Waals surface area contributed by atoms with E-state index >= 15 is 0 Å². The second kappa shape index (κ2) is 6.73. The number of anilines is 1. The van der Waals surface area contributed by atoms with Crippen LogP contribution < -0.4 is 15.1 Å². The predicted molar refractivity (Wildman–Crippen MR) is 103 cm³/mol. The fourth-order valence-corrected chi connectivity index (χ4v) is 4.40. The molecule has 0 amide bonds. The van der Waals surface area contributed by atoms with Gasteiger partial charge in [0.15, 0.2) is 11.5 Å². The third kappa shape index (κ3) is 3.02. The number of piperidine rings is 1. The number of fused-ring (bicyclic) bond motifs is 1. The van der Waals surface area contributed by atoms with Crippen LogP contribution in [0, 0.1) is 0 Å². The Morgan fingerprint density at radius 3 is 2.72 bits per heavy atom. The standard InChI is InChI=1S/C19H18ClNO3S/c1-23-16-6-5-12(9-14(16)20)13-11-25-19-15(22)10-17(24-18(13)19)21-7-3-2-4-8-21/h5-6,9-11H,2-4,7-8H2,1H3. The highest BCUT2D eigenvalue weighted by Crippen LogP contribution is 2.37. The van der Waals surface area contributed by atoms with E-state index in [9.17, 15) is 4.79 Å². The molecule has 0 saturated carbocycles. The first-order valence-corrected chi connectivity index (χ1v) is 9.57. The number of nitrogens with zero attached hydrogens (tertiary/aromatic N) is 1. The number of rotatable bonds is 3. The lowest BCUT2D eigenvalue weighted by Crippen LogP contribution is -2.29. The zero-order valence-electron chi connectivity index (χ0n) is 13.9. The van der Waals surface area contributed by atoms with Crippen LogP contribution in [-0.4, -0.2) is 20.2 Å². The van der Waals surface area contributed by atoms with E-state index in [2.05, 4.69) is 4.90 Å². The maximum Gasteiger partial charge on any atom is 0.204 e. The summed E-state index contributed by atoms with van der Waals surface area (Å²) in [4.78, 5) is 14.7. The van der Waals surface area contributed by atoms with E-state index in [0.29, 0.717) is 26.9 Å². The van der Waals surface area contributed by atoms with Crippen LogP contribution in [0.5, 0.6) is 5.75 Å². The molecule has 3 heterocycles. The van der Waals surface area contributed by atoms with Crippen LogP contribution in [0.1, 0.15) is 19.3 Å². The van der Waals surface area contributed by atoms with Gasteiger partial charge < -0.3 is 14.1 Å². The molecule has 25 heavy (non-hydrogen) atoms. The number of hydrogen-bond donors (Lipinski definition) is 0. The molecule has 0 unspecified atom stereocenters. The van der Waals surface area contributed by atoms with Gasteiger partial charge in [0.05, 0.1) is 12.1 Å². The number of hydrogen-bond acceptors (Lipinski definition) is 5. The molecule has 1 saturated heterocycles. The Kier molecular flexibility index (Phi) is 4.44. The van der Waals surface area contributed by atoms with E-state index in [4.69, 9.17) is 20.8 Å². The Morgan fingerprint density at radius 2 is 2.00 bits per heavy atom. The van der Waals surface area contributed by atoms with Crippen molar-refractivity contribution in [3.8, 4) is 16.9 Å². The molecular formula is C19H18ClNO3S. The third-order valence-electron chi connectivity index (χ3n) is 4.56. The lowest BCUT2D eigenvalue weighted by Gasteiger charge is -2.26. The fourth-order valence-electron chi connectivity index (χ4n) is 3.23. The summed E-state index contributed by atoms with van der Waals surface area (Å²) in [6.07, 6.45) is 3.50. The summed E-state index contributed by atoms with van der Waals surface area (Å²) in [5.41, 5.74) is 2.45. The Balaban J connectivity index is 1.83. The van der Waals surface area contributed by atoms with E-state index < -0.39 is 0 Å². The monoisotopic (exact) mass is 375 g/mol. The summed E-state index contributed by atoms with van der Waals surface area (Å²) in [7, 11) is 1.59. The van der Waals surface area contributed by atoms with Crippen molar-refractivity contribution < 1.29 is 9.15 Å². The molecular weight excluding hydrogens is 358 g/mol. The van der Waals surface area contributed by atoms with E-state index in [1.54, 1.807) is 13.2 Å². The fraction of sp³-hybridized carbons (Fsp3) is 0.316. The first-order chi connectivity index (χ1) is 12.2. The zero-order valence-corrected chi connectivity index (χ0v) is 15.5. The van der Waals surface area contributed by atoms with Gasteiger partial charge in [0.2, 0.25) is 5.43 Å². The number of halogens is 1. The second-order valence-corrected chi connectivity index (χ2v) is 7.44. The first-order valence-electron chi connectivity index (χ1n) is 8.31.